The summed E-state index contributed by atoms with van der Waals surface area (Å²) in [6, 6.07) is 0. The van der Waals surface area contributed by atoms with Gasteiger partial charge in [0.15, 0.2) is 0 Å². The molecular formula is C16H20N4O5S. The van der Waals surface area contributed by atoms with E-state index in [1.54, 1.807) is 18.4 Å². The second-order valence-corrected chi connectivity index (χ2v) is 7.05. The molecule has 9 nitrogen and oxygen atoms in total. The average Bonchev–Trinajstić information content (AvgIpc) is 3.20. The Kier molecular flexibility index (Phi) is 5.23. The topological polar surface area (TPSA) is 115 Å². The number of carboxylic acid groups (broad SMARTS) is 1. The van der Waals surface area contributed by atoms with Gasteiger partial charge in [0.2, 0.25) is 0 Å². The van der Waals surface area contributed by atoms with Crippen LogP contribution in [0.3, 0.4) is 0 Å². The Morgan fingerprint density at radius 2 is 2.23 bits per heavy atom. The minimum atomic E-state index is -1.27. The van der Waals surface area contributed by atoms with Gasteiger partial charge in [0.1, 0.15) is 4.83 Å². The van der Waals surface area contributed by atoms with Crippen LogP contribution in [0.1, 0.15) is 30.2 Å². The molecule has 1 saturated heterocycles. The SMILES string of the molecule is CCn1c(=O)c2c(C)c(C=NNC(=O)O)sc2n(CC2CCCO2)c1=O. The quantitative estimate of drug-likeness (QED) is 0.600. The molecule has 2 aromatic rings. The van der Waals surface area contributed by atoms with Gasteiger partial charge in [-0.05, 0) is 32.3 Å². The van der Waals surface area contributed by atoms with Crippen LogP contribution in [0, 0.1) is 6.92 Å². The molecule has 1 unspecified atom stereocenters. The van der Waals surface area contributed by atoms with Crippen LogP contribution in [-0.4, -0.2) is 39.3 Å². The molecule has 0 aliphatic carbocycles. The maximum absolute atomic E-state index is 12.8. The summed E-state index contributed by atoms with van der Waals surface area (Å²) in [5.74, 6) is 0. The van der Waals surface area contributed by atoms with Crippen molar-refractivity contribution in [3.8, 4) is 0 Å². The summed E-state index contributed by atoms with van der Waals surface area (Å²) in [6.45, 7) is 4.87. The van der Waals surface area contributed by atoms with Crippen molar-refractivity contribution in [1.29, 1.82) is 0 Å². The highest BCUT2D eigenvalue weighted by molar-refractivity contribution is 7.20. The number of fused-ring (bicyclic) bond motifs is 1. The first-order valence-electron chi connectivity index (χ1n) is 8.34. The van der Waals surface area contributed by atoms with Crippen molar-refractivity contribution in [2.75, 3.05) is 6.61 Å². The lowest BCUT2D eigenvalue weighted by atomic mass is 10.2. The molecule has 0 radical (unpaired) electrons. The first kappa shape index (κ1) is 18.3. The van der Waals surface area contributed by atoms with Gasteiger partial charge in [-0.3, -0.25) is 13.9 Å². The normalized spacial score (nSPS) is 17.4. The van der Waals surface area contributed by atoms with E-state index in [1.807, 2.05) is 5.43 Å². The molecule has 10 heteroatoms. The Bertz CT molecular complexity index is 981. The maximum atomic E-state index is 12.8. The number of hydrogen-bond donors (Lipinski definition) is 2. The van der Waals surface area contributed by atoms with E-state index in [-0.39, 0.29) is 23.9 Å². The van der Waals surface area contributed by atoms with Crippen LogP contribution in [0.25, 0.3) is 10.2 Å². The molecule has 0 spiro atoms. The van der Waals surface area contributed by atoms with Crippen molar-refractivity contribution in [3.05, 3.63) is 31.3 Å². The summed E-state index contributed by atoms with van der Waals surface area (Å²) in [5, 5.41) is 12.7. The number of aromatic nitrogens is 2. The summed E-state index contributed by atoms with van der Waals surface area (Å²) >= 11 is 1.24. The molecule has 1 aliphatic heterocycles. The lowest BCUT2D eigenvalue weighted by Crippen LogP contribution is -2.40. The van der Waals surface area contributed by atoms with Gasteiger partial charge in [0.05, 0.1) is 29.1 Å². The summed E-state index contributed by atoms with van der Waals surface area (Å²) in [7, 11) is 0. The van der Waals surface area contributed by atoms with Crippen molar-refractivity contribution in [2.45, 2.75) is 45.9 Å². The van der Waals surface area contributed by atoms with Gasteiger partial charge in [-0.1, -0.05) is 0 Å². The summed E-state index contributed by atoms with van der Waals surface area (Å²) in [5.41, 5.74) is 1.89. The van der Waals surface area contributed by atoms with E-state index in [0.29, 0.717) is 33.8 Å². The molecule has 0 aromatic carbocycles. The number of nitrogens with one attached hydrogen (secondary N) is 1. The Balaban J connectivity index is 2.17. The van der Waals surface area contributed by atoms with Crippen LogP contribution in [0.15, 0.2) is 14.7 Å². The van der Waals surface area contributed by atoms with E-state index in [9.17, 15) is 14.4 Å². The lowest BCUT2D eigenvalue weighted by molar-refractivity contribution is 0.0966. The Morgan fingerprint density at radius 1 is 1.46 bits per heavy atom. The smallest absolute Gasteiger partial charge is 0.425 e. The van der Waals surface area contributed by atoms with Gasteiger partial charge in [-0.2, -0.15) is 5.10 Å². The van der Waals surface area contributed by atoms with Gasteiger partial charge < -0.3 is 9.84 Å². The number of thiophene rings is 1. The van der Waals surface area contributed by atoms with Crippen molar-refractivity contribution in [2.24, 2.45) is 5.10 Å². The van der Waals surface area contributed by atoms with Crippen molar-refractivity contribution in [3.63, 3.8) is 0 Å². The predicted molar refractivity (Wildman–Crippen MR) is 98.5 cm³/mol. The molecule has 140 valence electrons. The Morgan fingerprint density at radius 3 is 2.85 bits per heavy atom. The van der Waals surface area contributed by atoms with Crippen molar-refractivity contribution >= 4 is 33.9 Å². The van der Waals surface area contributed by atoms with E-state index in [0.717, 1.165) is 12.8 Å². The van der Waals surface area contributed by atoms with E-state index in [4.69, 9.17) is 9.84 Å². The van der Waals surface area contributed by atoms with E-state index >= 15 is 0 Å². The minimum absolute atomic E-state index is 0.0492. The second-order valence-electron chi connectivity index (χ2n) is 6.02. The van der Waals surface area contributed by atoms with Crippen LogP contribution in [0.5, 0.6) is 0 Å². The van der Waals surface area contributed by atoms with Crippen LogP contribution in [0.2, 0.25) is 0 Å². The average molecular weight is 380 g/mol. The fraction of sp³-hybridized carbons (Fsp3) is 0.500. The molecule has 0 bridgehead atoms. The maximum Gasteiger partial charge on any atom is 0.425 e. The van der Waals surface area contributed by atoms with Crippen LogP contribution in [-0.2, 0) is 17.8 Å². The third-order valence-corrected chi connectivity index (χ3v) is 5.65. The number of hydrazone groups is 1. The second kappa shape index (κ2) is 7.42. The standard InChI is InChI=1S/C16H20N4O5S/c1-3-19-13(21)12-9(2)11(7-17-18-15(22)23)26-14(12)20(16(19)24)8-10-5-4-6-25-10/h7,10,18H,3-6,8H2,1-2H3,(H,22,23). The first-order chi connectivity index (χ1) is 12.4. The number of ether oxygens (including phenoxy) is 1. The fourth-order valence-corrected chi connectivity index (χ4v) is 4.29. The lowest BCUT2D eigenvalue weighted by Gasteiger charge is -2.14. The molecule has 1 aliphatic rings. The van der Waals surface area contributed by atoms with Crippen molar-refractivity contribution < 1.29 is 14.6 Å². The Labute approximate surface area is 152 Å². The molecule has 1 atom stereocenters. The zero-order chi connectivity index (χ0) is 18.8. The zero-order valence-electron chi connectivity index (χ0n) is 14.5. The molecule has 3 rings (SSSR count). The highest BCUT2D eigenvalue weighted by atomic mass is 32.1. The summed E-state index contributed by atoms with van der Waals surface area (Å²) in [6.07, 6.45) is 1.86. The van der Waals surface area contributed by atoms with E-state index < -0.39 is 6.09 Å². The monoisotopic (exact) mass is 380 g/mol. The zero-order valence-corrected chi connectivity index (χ0v) is 15.3. The largest absolute Gasteiger partial charge is 0.464 e. The third kappa shape index (κ3) is 3.29. The number of rotatable bonds is 5. The summed E-state index contributed by atoms with van der Waals surface area (Å²) in [4.78, 5) is 37.3. The number of amides is 1. The van der Waals surface area contributed by atoms with Crippen LogP contribution >= 0.6 is 11.3 Å². The van der Waals surface area contributed by atoms with E-state index in [1.165, 1.54) is 22.1 Å². The van der Waals surface area contributed by atoms with Crippen LogP contribution < -0.4 is 16.7 Å². The molecule has 26 heavy (non-hydrogen) atoms. The number of nitrogens with zero attached hydrogens (tertiary/aromatic N) is 3. The number of hydrogen-bond acceptors (Lipinski definition) is 6. The predicted octanol–water partition coefficient (Wildman–Crippen LogP) is 1.33. The summed E-state index contributed by atoms with van der Waals surface area (Å²) < 4.78 is 8.46. The highest BCUT2D eigenvalue weighted by Gasteiger charge is 2.23. The molecule has 0 saturated carbocycles. The van der Waals surface area contributed by atoms with Gasteiger partial charge >= 0.3 is 11.8 Å². The molecule has 2 aromatic heterocycles. The van der Waals surface area contributed by atoms with Crippen LogP contribution in [0.4, 0.5) is 4.79 Å². The number of aryl methyl sites for hydroxylation is 1. The molecule has 3 heterocycles. The molecular weight excluding hydrogens is 360 g/mol. The van der Waals surface area contributed by atoms with Gasteiger partial charge in [0.25, 0.3) is 5.56 Å². The fourth-order valence-electron chi connectivity index (χ4n) is 3.11. The Hall–Kier alpha value is -2.46. The molecule has 1 amide bonds. The molecule has 2 N–H and O–H groups in total. The highest BCUT2D eigenvalue weighted by Crippen LogP contribution is 2.27. The van der Waals surface area contributed by atoms with Gasteiger partial charge in [-0.15, -0.1) is 11.3 Å². The third-order valence-electron chi connectivity index (χ3n) is 4.40. The van der Waals surface area contributed by atoms with Gasteiger partial charge in [0, 0.05) is 13.2 Å². The minimum Gasteiger partial charge on any atom is -0.464 e. The van der Waals surface area contributed by atoms with Gasteiger partial charge in [-0.25, -0.2) is 15.0 Å². The molecule has 1 fully saturated rings. The number of carbonyl (C=O) groups is 1. The van der Waals surface area contributed by atoms with E-state index in [2.05, 4.69) is 5.10 Å². The first-order valence-corrected chi connectivity index (χ1v) is 9.16. The van der Waals surface area contributed by atoms with Crippen molar-refractivity contribution in [1.82, 2.24) is 14.6 Å².